The fourth-order valence-electron chi connectivity index (χ4n) is 2.10. The van der Waals surface area contributed by atoms with E-state index < -0.39 is 5.97 Å². The van der Waals surface area contributed by atoms with E-state index in [0.717, 1.165) is 24.8 Å². The van der Waals surface area contributed by atoms with Crippen molar-refractivity contribution in [1.82, 2.24) is 9.97 Å². The number of carbonyl (C=O) groups is 1. The van der Waals surface area contributed by atoms with Crippen molar-refractivity contribution >= 4 is 27.5 Å². The number of aromatic carboxylic acids is 1. The molecule has 0 saturated carbocycles. The number of carboxylic acid groups (broad SMARTS) is 1. The Hall–Kier alpha value is -1.69. The van der Waals surface area contributed by atoms with E-state index in [0.29, 0.717) is 10.2 Å². The Bertz CT molecular complexity index is 656. The molecule has 0 unspecified atom stereocenters. The molecule has 0 aromatic carbocycles. The lowest BCUT2D eigenvalue weighted by molar-refractivity contribution is 0.0683. The molecule has 16 heavy (non-hydrogen) atoms. The molecule has 0 radical (unpaired) electrons. The lowest BCUT2D eigenvalue weighted by atomic mass is 10.2. The highest BCUT2D eigenvalue weighted by Gasteiger charge is 2.21. The zero-order valence-electron chi connectivity index (χ0n) is 8.24. The van der Waals surface area contributed by atoms with Gasteiger partial charge in [-0.1, -0.05) is 0 Å². The number of fused-ring (bicyclic) bond motifs is 3. The Labute approximate surface area is 93.8 Å². The van der Waals surface area contributed by atoms with Gasteiger partial charge in [-0.25, -0.2) is 9.78 Å². The molecule has 0 aliphatic heterocycles. The standard InChI is InChI=1S/C10H8N2O3S/c13-8-6-4-2-1-3-5(4)16-9(6)12-7(11-8)10(14)15/h1-3H2,(H,14,15)(H,11,12,13). The van der Waals surface area contributed by atoms with Gasteiger partial charge in [0.25, 0.3) is 5.56 Å². The molecule has 0 amide bonds. The van der Waals surface area contributed by atoms with Gasteiger partial charge in [0.2, 0.25) is 5.82 Å². The van der Waals surface area contributed by atoms with Gasteiger partial charge in [-0.3, -0.25) is 4.79 Å². The quantitative estimate of drug-likeness (QED) is 0.778. The van der Waals surface area contributed by atoms with E-state index in [2.05, 4.69) is 9.97 Å². The number of aromatic nitrogens is 2. The van der Waals surface area contributed by atoms with Crippen LogP contribution in [0.2, 0.25) is 0 Å². The van der Waals surface area contributed by atoms with Crippen LogP contribution in [0.25, 0.3) is 10.2 Å². The number of aryl methyl sites for hydroxylation is 2. The highest BCUT2D eigenvalue weighted by atomic mass is 32.1. The zero-order valence-corrected chi connectivity index (χ0v) is 9.06. The summed E-state index contributed by atoms with van der Waals surface area (Å²) in [6.45, 7) is 0. The highest BCUT2D eigenvalue weighted by Crippen LogP contribution is 2.34. The normalized spacial score (nSPS) is 14.2. The lowest BCUT2D eigenvalue weighted by Gasteiger charge is -1.95. The topological polar surface area (TPSA) is 83.0 Å². The molecule has 6 heteroatoms. The summed E-state index contributed by atoms with van der Waals surface area (Å²) in [5, 5.41) is 9.37. The Kier molecular flexibility index (Phi) is 1.88. The van der Waals surface area contributed by atoms with Gasteiger partial charge in [0, 0.05) is 4.88 Å². The van der Waals surface area contributed by atoms with Gasteiger partial charge < -0.3 is 10.1 Å². The van der Waals surface area contributed by atoms with Gasteiger partial charge in [0.15, 0.2) is 0 Å². The minimum Gasteiger partial charge on any atom is -0.475 e. The zero-order chi connectivity index (χ0) is 11.3. The summed E-state index contributed by atoms with van der Waals surface area (Å²) >= 11 is 1.44. The summed E-state index contributed by atoms with van der Waals surface area (Å²) in [6, 6.07) is 0. The second kappa shape index (κ2) is 3.15. The maximum absolute atomic E-state index is 11.8. The smallest absolute Gasteiger partial charge is 0.372 e. The van der Waals surface area contributed by atoms with Gasteiger partial charge >= 0.3 is 5.97 Å². The number of nitrogens with zero attached hydrogens (tertiary/aromatic N) is 1. The van der Waals surface area contributed by atoms with Crippen LogP contribution in [-0.2, 0) is 12.8 Å². The third-order valence-electron chi connectivity index (χ3n) is 2.78. The molecule has 1 aliphatic rings. The highest BCUT2D eigenvalue weighted by molar-refractivity contribution is 7.18. The van der Waals surface area contributed by atoms with E-state index in [4.69, 9.17) is 5.11 Å². The molecule has 0 bridgehead atoms. The van der Waals surface area contributed by atoms with E-state index in [-0.39, 0.29) is 11.4 Å². The van der Waals surface area contributed by atoms with Crippen molar-refractivity contribution in [3.05, 3.63) is 26.6 Å². The molecule has 82 valence electrons. The second-order valence-corrected chi connectivity index (χ2v) is 4.84. The van der Waals surface area contributed by atoms with Crippen molar-refractivity contribution in [2.24, 2.45) is 0 Å². The summed E-state index contributed by atoms with van der Waals surface area (Å²) in [4.78, 5) is 30.5. The minimum absolute atomic E-state index is 0.280. The van der Waals surface area contributed by atoms with Crippen LogP contribution < -0.4 is 5.56 Å². The first-order valence-corrected chi connectivity index (χ1v) is 5.76. The Morgan fingerprint density at radius 1 is 1.44 bits per heavy atom. The molecule has 0 spiro atoms. The summed E-state index contributed by atoms with van der Waals surface area (Å²) in [6.07, 6.45) is 2.93. The van der Waals surface area contributed by atoms with Crippen molar-refractivity contribution in [1.29, 1.82) is 0 Å². The molecule has 0 saturated heterocycles. The van der Waals surface area contributed by atoms with Gasteiger partial charge in [0.1, 0.15) is 4.83 Å². The third kappa shape index (κ3) is 1.19. The van der Waals surface area contributed by atoms with Gasteiger partial charge in [0.05, 0.1) is 5.39 Å². The van der Waals surface area contributed by atoms with Crippen molar-refractivity contribution in [2.75, 3.05) is 0 Å². The SMILES string of the molecule is O=C(O)c1nc2sc3c(c2c(=O)[nH]1)CCC3. The largest absolute Gasteiger partial charge is 0.475 e. The second-order valence-electron chi connectivity index (χ2n) is 3.76. The molecule has 2 heterocycles. The number of H-pyrrole nitrogens is 1. The number of aromatic amines is 1. The number of thiophene rings is 1. The number of carboxylic acids is 1. The van der Waals surface area contributed by atoms with Crippen LogP contribution >= 0.6 is 11.3 Å². The predicted molar refractivity (Wildman–Crippen MR) is 59.2 cm³/mol. The first-order valence-electron chi connectivity index (χ1n) is 4.94. The van der Waals surface area contributed by atoms with E-state index in [9.17, 15) is 9.59 Å². The van der Waals surface area contributed by atoms with Crippen LogP contribution in [0.3, 0.4) is 0 Å². The number of hydrogen-bond acceptors (Lipinski definition) is 4. The molecule has 2 N–H and O–H groups in total. The summed E-state index contributed by atoms with van der Waals surface area (Å²) in [7, 11) is 0. The van der Waals surface area contributed by atoms with Gasteiger partial charge in [-0.2, -0.15) is 0 Å². The molecular weight excluding hydrogens is 228 g/mol. The van der Waals surface area contributed by atoms with Gasteiger partial charge in [-0.15, -0.1) is 11.3 Å². The maximum atomic E-state index is 11.8. The number of rotatable bonds is 1. The van der Waals surface area contributed by atoms with Crippen LogP contribution in [0, 0.1) is 0 Å². The summed E-state index contributed by atoms with van der Waals surface area (Å²) in [5.74, 6) is -1.48. The molecule has 3 rings (SSSR count). The van der Waals surface area contributed by atoms with E-state index in [1.807, 2.05) is 0 Å². The molecule has 0 fully saturated rings. The van der Waals surface area contributed by atoms with Crippen LogP contribution in [0.15, 0.2) is 4.79 Å². The average Bonchev–Trinajstić information content (AvgIpc) is 2.75. The molecule has 1 aliphatic carbocycles. The van der Waals surface area contributed by atoms with E-state index in [1.165, 1.54) is 16.2 Å². The molecular formula is C10H8N2O3S. The maximum Gasteiger partial charge on any atom is 0.372 e. The first-order chi connectivity index (χ1) is 7.66. The Morgan fingerprint density at radius 2 is 2.25 bits per heavy atom. The van der Waals surface area contributed by atoms with Crippen molar-refractivity contribution in [3.8, 4) is 0 Å². The fraction of sp³-hybridized carbons (Fsp3) is 0.300. The number of nitrogens with one attached hydrogen (secondary N) is 1. The minimum atomic E-state index is -1.20. The molecule has 2 aromatic rings. The monoisotopic (exact) mass is 236 g/mol. The first kappa shape index (κ1) is 9.53. The van der Waals surface area contributed by atoms with Crippen molar-refractivity contribution in [2.45, 2.75) is 19.3 Å². The predicted octanol–water partition coefficient (Wildman–Crippen LogP) is 1.17. The van der Waals surface area contributed by atoms with Gasteiger partial charge in [-0.05, 0) is 24.8 Å². The van der Waals surface area contributed by atoms with Crippen LogP contribution in [-0.4, -0.2) is 21.0 Å². The molecule has 0 atom stereocenters. The lowest BCUT2D eigenvalue weighted by Crippen LogP contribution is -2.15. The van der Waals surface area contributed by atoms with Crippen LogP contribution in [0.1, 0.15) is 27.5 Å². The summed E-state index contributed by atoms with van der Waals surface area (Å²) < 4.78 is 0. The fourth-order valence-corrected chi connectivity index (χ4v) is 3.37. The van der Waals surface area contributed by atoms with Crippen molar-refractivity contribution < 1.29 is 9.90 Å². The molecule has 2 aromatic heterocycles. The van der Waals surface area contributed by atoms with Crippen molar-refractivity contribution in [3.63, 3.8) is 0 Å². The van der Waals surface area contributed by atoms with E-state index >= 15 is 0 Å². The van der Waals surface area contributed by atoms with Crippen LogP contribution in [0.5, 0.6) is 0 Å². The van der Waals surface area contributed by atoms with Crippen LogP contribution in [0.4, 0.5) is 0 Å². The Balaban J connectivity index is 2.38. The summed E-state index contributed by atoms with van der Waals surface area (Å²) in [5.41, 5.74) is 0.729. The average molecular weight is 236 g/mol. The Morgan fingerprint density at radius 3 is 3.00 bits per heavy atom. The molecule has 5 nitrogen and oxygen atoms in total. The van der Waals surface area contributed by atoms with E-state index in [1.54, 1.807) is 0 Å². The third-order valence-corrected chi connectivity index (χ3v) is 3.96. The number of hydrogen-bond donors (Lipinski definition) is 2.